The molecule has 0 unspecified atom stereocenters. The van der Waals surface area contributed by atoms with E-state index in [0.717, 1.165) is 11.5 Å². The SMILES string of the molecule is CC(C)c1ccc(SCC=CCS)cc1. The van der Waals surface area contributed by atoms with Gasteiger partial charge in [0.25, 0.3) is 0 Å². The summed E-state index contributed by atoms with van der Waals surface area (Å²) in [5, 5.41) is 0. The molecule has 0 aliphatic rings. The Bertz CT molecular complexity index is 299. The van der Waals surface area contributed by atoms with Crippen LogP contribution in [-0.4, -0.2) is 11.5 Å². The number of rotatable bonds is 5. The molecule has 0 nitrogen and oxygen atoms in total. The first-order valence-electron chi connectivity index (χ1n) is 5.22. The van der Waals surface area contributed by atoms with E-state index in [-0.39, 0.29) is 0 Å². The van der Waals surface area contributed by atoms with Gasteiger partial charge in [-0.15, -0.1) is 11.8 Å². The zero-order valence-electron chi connectivity index (χ0n) is 9.31. The number of hydrogen-bond acceptors (Lipinski definition) is 2. The van der Waals surface area contributed by atoms with Gasteiger partial charge in [-0.3, -0.25) is 0 Å². The van der Waals surface area contributed by atoms with Crippen LogP contribution in [0, 0.1) is 0 Å². The first-order valence-corrected chi connectivity index (χ1v) is 6.84. The predicted molar refractivity (Wildman–Crippen MR) is 74.2 cm³/mol. The third-order valence-electron chi connectivity index (χ3n) is 2.17. The van der Waals surface area contributed by atoms with Gasteiger partial charge in [-0.05, 0) is 23.6 Å². The molecule has 1 aromatic carbocycles. The quantitative estimate of drug-likeness (QED) is 0.451. The molecule has 0 N–H and O–H groups in total. The van der Waals surface area contributed by atoms with Crippen LogP contribution in [-0.2, 0) is 0 Å². The van der Waals surface area contributed by atoms with Gasteiger partial charge in [0.1, 0.15) is 0 Å². The molecule has 0 saturated heterocycles. The minimum atomic E-state index is 0.619. The summed E-state index contributed by atoms with van der Waals surface area (Å²) >= 11 is 5.98. The van der Waals surface area contributed by atoms with Crippen LogP contribution in [0.25, 0.3) is 0 Å². The Labute approximate surface area is 103 Å². The molecule has 0 fully saturated rings. The third kappa shape index (κ3) is 4.80. The van der Waals surface area contributed by atoms with E-state index in [1.807, 2.05) is 11.8 Å². The van der Waals surface area contributed by atoms with Crippen molar-refractivity contribution in [3.05, 3.63) is 42.0 Å². The lowest BCUT2D eigenvalue weighted by Gasteiger charge is -2.05. The molecule has 0 aromatic heterocycles. The van der Waals surface area contributed by atoms with E-state index < -0.39 is 0 Å². The van der Waals surface area contributed by atoms with Gasteiger partial charge in [0.2, 0.25) is 0 Å². The minimum Gasteiger partial charge on any atom is -0.175 e. The summed E-state index contributed by atoms with van der Waals surface area (Å²) in [5.41, 5.74) is 1.41. The minimum absolute atomic E-state index is 0.619. The molecule has 0 bridgehead atoms. The van der Waals surface area contributed by atoms with Crippen LogP contribution in [0.15, 0.2) is 41.3 Å². The lowest BCUT2D eigenvalue weighted by atomic mass is 10.0. The van der Waals surface area contributed by atoms with Crippen LogP contribution in [0.1, 0.15) is 25.3 Å². The maximum absolute atomic E-state index is 4.12. The average Bonchev–Trinajstić information content (AvgIpc) is 2.25. The molecule has 0 aliphatic heterocycles. The Kier molecular flexibility index (Phi) is 5.96. The van der Waals surface area contributed by atoms with Gasteiger partial charge in [-0.25, -0.2) is 0 Å². The Morgan fingerprint density at radius 2 is 1.87 bits per heavy atom. The fourth-order valence-corrected chi connectivity index (χ4v) is 2.14. The monoisotopic (exact) mass is 238 g/mol. The second kappa shape index (κ2) is 7.02. The summed E-state index contributed by atoms with van der Waals surface area (Å²) in [6.07, 6.45) is 4.24. The van der Waals surface area contributed by atoms with Crippen LogP contribution in [0.2, 0.25) is 0 Å². The zero-order chi connectivity index (χ0) is 11.1. The molecule has 0 atom stereocenters. The van der Waals surface area contributed by atoms with E-state index in [0.29, 0.717) is 5.92 Å². The van der Waals surface area contributed by atoms with Gasteiger partial charge in [0, 0.05) is 16.4 Å². The second-order valence-electron chi connectivity index (χ2n) is 3.69. The van der Waals surface area contributed by atoms with E-state index in [1.165, 1.54) is 10.5 Å². The molecular weight excluding hydrogens is 220 g/mol. The maximum atomic E-state index is 4.12. The van der Waals surface area contributed by atoms with Gasteiger partial charge in [0.15, 0.2) is 0 Å². The van der Waals surface area contributed by atoms with E-state index in [1.54, 1.807) is 0 Å². The smallest absolute Gasteiger partial charge is 0.0161 e. The molecule has 1 rings (SSSR count). The summed E-state index contributed by atoms with van der Waals surface area (Å²) in [6.45, 7) is 4.44. The number of thioether (sulfide) groups is 1. The van der Waals surface area contributed by atoms with Gasteiger partial charge in [0.05, 0.1) is 0 Å². The van der Waals surface area contributed by atoms with Crippen molar-refractivity contribution in [2.24, 2.45) is 0 Å². The highest BCUT2D eigenvalue weighted by atomic mass is 32.2. The maximum Gasteiger partial charge on any atom is 0.0161 e. The van der Waals surface area contributed by atoms with Gasteiger partial charge in [-0.1, -0.05) is 38.1 Å². The zero-order valence-corrected chi connectivity index (χ0v) is 11.0. The molecule has 0 spiro atoms. The van der Waals surface area contributed by atoms with Crippen LogP contribution in [0.4, 0.5) is 0 Å². The van der Waals surface area contributed by atoms with Crippen molar-refractivity contribution in [3.8, 4) is 0 Å². The first-order chi connectivity index (χ1) is 7.24. The highest BCUT2D eigenvalue weighted by Crippen LogP contribution is 2.21. The highest BCUT2D eigenvalue weighted by Gasteiger charge is 1.98. The fourth-order valence-electron chi connectivity index (χ4n) is 1.24. The van der Waals surface area contributed by atoms with Gasteiger partial charge in [-0.2, -0.15) is 12.6 Å². The van der Waals surface area contributed by atoms with Crippen LogP contribution < -0.4 is 0 Å². The van der Waals surface area contributed by atoms with Gasteiger partial charge < -0.3 is 0 Å². The van der Waals surface area contributed by atoms with Crippen LogP contribution in [0.5, 0.6) is 0 Å². The summed E-state index contributed by atoms with van der Waals surface area (Å²) < 4.78 is 0. The second-order valence-corrected chi connectivity index (χ2v) is 5.15. The molecule has 1 aromatic rings. The molecule has 15 heavy (non-hydrogen) atoms. The third-order valence-corrected chi connectivity index (χ3v) is 3.34. The molecular formula is C13H18S2. The van der Waals surface area contributed by atoms with Crippen molar-refractivity contribution in [1.29, 1.82) is 0 Å². The first kappa shape index (κ1) is 12.7. The summed E-state index contributed by atoms with van der Waals surface area (Å²) in [5.74, 6) is 2.47. The number of thiol groups is 1. The Morgan fingerprint density at radius 1 is 1.20 bits per heavy atom. The average molecular weight is 238 g/mol. The Balaban J connectivity index is 2.46. The summed E-state index contributed by atoms with van der Waals surface area (Å²) in [6, 6.07) is 8.84. The summed E-state index contributed by atoms with van der Waals surface area (Å²) in [4.78, 5) is 1.34. The normalized spacial score (nSPS) is 11.5. The predicted octanol–water partition coefficient (Wildman–Crippen LogP) is 4.39. The largest absolute Gasteiger partial charge is 0.175 e. The lowest BCUT2D eigenvalue weighted by Crippen LogP contribution is -1.85. The highest BCUT2D eigenvalue weighted by molar-refractivity contribution is 7.99. The van der Waals surface area contributed by atoms with Crippen molar-refractivity contribution in [2.75, 3.05) is 11.5 Å². The van der Waals surface area contributed by atoms with E-state index in [2.05, 4.69) is 62.9 Å². The molecule has 0 heterocycles. The van der Waals surface area contributed by atoms with E-state index >= 15 is 0 Å². The number of hydrogen-bond donors (Lipinski definition) is 1. The van der Waals surface area contributed by atoms with Crippen molar-refractivity contribution in [1.82, 2.24) is 0 Å². The topological polar surface area (TPSA) is 0 Å². The molecule has 0 radical (unpaired) electrons. The Morgan fingerprint density at radius 3 is 2.40 bits per heavy atom. The fraction of sp³-hybridized carbons (Fsp3) is 0.385. The summed E-state index contributed by atoms with van der Waals surface area (Å²) in [7, 11) is 0. The standard InChI is InChI=1S/C13H18S2/c1-11(2)12-5-7-13(8-6-12)15-10-4-3-9-14/h3-8,11,14H,9-10H2,1-2H3. The van der Waals surface area contributed by atoms with Crippen molar-refractivity contribution >= 4 is 24.4 Å². The van der Waals surface area contributed by atoms with Gasteiger partial charge >= 0.3 is 0 Å². The van der Waals surface area contributed by atoms with Crippen molar-refractivity contribution in [3.63, 3.8) is 0 Å². The van der Waals surface area contributed by atoms with Crippen LogP contribution >= 0.6 is 24.4 Å². The van der Waals surface area contributed by atoms with Crippen LogP contribution in [0.3, 0.4) is 0 Å². The molecule has 0 amide bonds. The van der Waals surface area contributed by atoms with E-state index in [4.69, 9.17) is 0 Å². The Hall–Kier alpha value is -0.340. The van der Waals surface area contributed by atoms with E-state index in [9.17, 15) is 0 Å². The van der Waals surface area contributed by atoms with Crippen molar-refractivity contribution in [2.45, 2.75) is 24.7 Å². The lowest BCUT2D eigenvalue weighted by molar-refractivity contribution is 0.865. The molecule has 2 heteroatoms. The molecule has 0 saturated carbocycles. The molecule has 0 aliphatic carbocycles. The molecule has 82 valence electrons. The number of benzene rings is 1. The van der Waals surface area contributed by atoms with Crippen molar-refractivity contribution < 1.29 is 0 Å².